The van der Waals surface area contributed by atoms with Crippen LogP contribution in [0.3, 0.4) is 0 Å². The molecule has 2 aromatic carbocycles. The zero-order chi connectivity index (χ0) is 23.6. The van der Waals surface area contributed by atoms with E-state index >= 15 is 4.39 Å². The van der Waals surface area contributed by atoms with Crippen LogP contribution in [0.25, 0.3) is 0 Å². The first-order valence-electron chi connectivity index (χ1n) is 10.9. The molecule has 1 aliphatic rings. The summed E-state index contributed by atoms with van der Waals surface area (Å²) in [5.74, 6) is -3.63. The summed E-state index contributed by atoms with van der Waals surface area (Å²) in [5.41, 5.74) is 7.74. The van der Waals surface area contributed by atoms with Gasteiger partial charge in [-0.05, 0) is 48.9 Å². The van der Waals surface area contributed by atoms with Gasteiger partial charge in [0.2, 0.25) is 5.91 Å². The van der Waals surface area contributed by atoms with Gasteiger partial charge in [0.25, 0.3) is 5.92 Å². The topological polar surface area (TPSA) is 72.1 Å². The first-order chi connectivity index (χ1) is 15.7. The van der Waals surface area contributed by atoms with Crippen LogP contribution in [-0.2, 0) is 18.8 Å². The fourth-order valence-electron chi connectivity index (χ4n) is 4.23. The first-order valence-corrected chi connectivity index (χ1v) is 10.9. The molecule has 33 heavy (non-hydrogen) atoms. The van der Waals surface area contributed by atoms with E-state index in [0.717, 1.165) is 30.9 Å². The number of benzene rings is 2. The Morgan fingerprint density at radius 3 is 2.42 bits per heavy atom. The summed E-state index contributed by atoms with van der Waals surface area (Å²) in [4.78, 5) is 21.4. The van der Waals surface area contributed by atoms with E-state index in [-0.39, 0.29) is 17.4 Å². The van der Waals surface area contributed by atoms with Crippen molar-refractivity contribution in [3.63, 3.8) is 0 Å². The van der Waals surface area contributed by atoms with E-state index in [2.05, 4.69) is 9.97 Å². The summed E-state index contributed by atoms with van der Waals surface area (Å²) in [6, 6.07) is 13.0. The molecule has 1 unspecified atom stereocenters. The van der Waals surface area contributed by atoms with Crippen LogP contribution in [0.2, 0.25) is 0 Å². The number of carbonyl (C=O) groups excluding carboxylic acids is 1. The monoisotopic (exact) mass is 454 g/mol. The van der Waals surface area contributed by atoms with E-state index in [1.165, 1.54) is 18.5 Å². The van der Waals surface area contributed by atoms with Crippen LogP contribution in [-0.4, -0.2) is 22.4 Å². The fourth-order valence-corrected chi connectivity index (χ4v) is 4.23. The maximum atomic E-state index is 15.4. The minimum atomic E-state index is -2.90. The number of anilines is 1. The van der Waals surface area contributed by atoms with Crippen LogP contribution in [0.4, 0.5) is 19.0 Å². The molecule has 2 heterocycles. The van der Waals surface area contributed by atoms with Gasteiger partial charge in [-0.2, -0.15) is 0 Å². The Labute approximate surface area is 190 Å². The molecule has 5 nitrogen and oxygen atoms in total. The molecule has 1 amide bonds. The number of nitrogens with two attached hydrogens (primary N) is 1. The van der Waals surface area contributed by atoms with Crippen molar-refractivity contribution in [3.8, 4) is 0 Å². The zero-order valence-electron chi connectivity index (χ0n) is 18.3. The van der Waals surface area contributed by atoms with Crippen LogP contribution >= 0.6 is 0 Å². The highest BCUT2D eigenvalue weighted by Crippen LogP contribution is 2.37. The number of aryl methyl sites for hydroxylation is 2. The van der Waals surface area contributed by atoms with Crippen LogP contribution in [0.1, 0.15) is 58.5 Å². The van der Waals surface area contributed by atoms with Gasteiger partial charge >= 0.3 is 0 Å². The van der Waals surface area contributed by atoms with Gasteiger partial charge in [-0.25, -0.2) is 23.1 Å². The quantitative estimate of drug-likeness (QED) is 0.548. The maximum absolute atomic E-state index is 15.4. The van der Waals surface area contributed by atoms with Crippen LogP contribution in [0.15, 0.2) is 54.9 Å². The molecule has 172 valence electrons. The lowest BCUT2D eigenvalue weighted by Gasteiger charge is -2.27. The number of nitrogens with zero attached hydrogens (tertiary/aromatic N) is 3. The second kappa shape index (κ2) is 9.21. The Balaban J connectivity index is 1.51. The van der Waals surface area contributed by atoms with Crippen molar-refractivity contribution < 1.29 is 18.0 Å². The molecule has 0 bridgehead atoms. The van der Waals surface area contributed by atoms with Gasteiger partial charge in [0, 0.05) is 24.6 Å². The minimum Gasteiger partial charge on any atom is -0.366 e. The molecule has 8 heteroatoms. The summed E-state index contributed by atoms with van der Waals surface area (Å²) in [6.45, 7) is 1.49. The molecule has 1 aliphatic heterocycles. The maximum Gasteiger partial charge on any atom is 0.270 e. The Morgan fingerprint density at radius 2 is 1.79 bits per heavy atom. The van der Waals surface area contributed by atoms with Gasteiger partial charge in [0.15, 0.2) is 11.6 Å². The number of hydrogen-bond donors (Lipinski definition) is 1. The lowest BCUT2D eigenvalue weighted by molar-refractivity contribution is 0.0174. The molecule has 0 saturated carbocycles. The summed E-state index contributed by atoms with van der Waals surface area (Å²) in [7, 11) is 0. The molecule has 0 radical (unpaired) electrons. The number of alkyl halides is 2. The summed E-state index contributed by atoms with van der Waals surface area (Å²) < 4.78 is 42.5. The van der Waals surface area contributed by atoms with Crippen molar-refractivity contribution in [2.75, 3.05) is 11.4 Å². The number of primary amides is 1. The minimum absolute atomic E-state index is 0.0461. The molecular weight excluding hydrogens is 429 g/mol. The number of carbonyl (C=O) groups is 1. The van der Waals surface area contributed by atoms with Crippen LogP contribution < -0.4 is 10.6 Å². The van der Waals surface area contributed by atoms with Gasteiger partial charge in [0.1, 0.15) is 6.33 Å². The molecule has 0 aliphatic carbocycles. The average molecular weight is 454 g/mol. The third-order valence-corrected chi connectivity index (χ3v) is 6.06. The highest BCUT2D eigenvalue weighted by atomic mass is 19.3. The predicted octanol–water partition coefficient (Wildman–Crippen LogP) is 4.95. The molecule has 3 aromatic rings. The van der Waals surface area contributed by atoms with E-state index in [0.29, 0.717) is 30.6 Å². The summed E-state index contributed by atoms with van der Waals surface area (Å²) in [5, 5.41) is 0. The highest BCUT2D eigenvalue weighted by molar-refractivity contribution is 5.92. The molecule has 1 aromatic heterocycles. The third kappa shape index (κ3) is 4.99. The number of hydrogen-bond acceptors (Lipinski definition) is 4. The van der Waals surface area contributed by atoms with Crippen molar-refractivity contribution in [2.24, 2.45) is 5.73 Å². The zero-order valence-corrected chi connectivity index (χ0v) is 18.3. The standard InChI is InChI=1S/C25H25F3N4O/c1-25(27,28)19-11-9-17(10-12-19)21-3-2-14-32(21)24-22(26)20(30-15-31-24)13-6-16-4-7-18(8-5-16)23(29)33/h4-5,7-12,15,21H,2-3,6,13-14H2,1H3,(H2,29,33). The number of halogens is 3. The van der Waals surface area contributed by atoms with Crippen molar-refractivity contribution >= 4 is 11.7 Å². The van der Waals surface area contributed by atoms with Gasteiger partial charge in [-0.3, -0.25) is 4.79 Å². The second-order valence-electron chi connectivity index (χ2n) is 8.38. The molecular formula is C25H25F3N4O. The largest absolute Gasteiger partial charge is 0.366 e. The lowest BCUT2D eigenvalue weighted by atomic mass is 10.0. The Kier molecular flexibility index (Phi) is 6.35. The van der Waals surface area contributed by atoms with Crippen molar-refractivity contribution in [1.82, 2.24) is 9.97 Å². The van der Waals surface area contributed by atoms with Crippen molar-refractivity contribution in [2.45, 2.75) is 44.6 Å². The fraction of sp³-hybridized carbons (Fsp3) is 0.320. The Morgan fingerprint density at radius 1 is 1.09 bits per heavy atom. The Hall–Kier alpha value is -3.42. The number of aromatic nitrogens is 2. The van der Waals surface area contributed by atoms with Gasteiger partial charge in [-0.15, -0.1) is 0 Å². The van der Waals surface area contributed by atoms with E-state index in [1.807, 2.05) is 4.90 Å². The normalized spacial score (nSPS) is 16.2. The second-order valence-corrected chi connectivity index (χ2v) is 8.38. The molecule has 1 atom stereocenters. The van der Waals surface area contributed by atoms with Crippen molar-refractivity contribution in [1.29, 1.82) is 0 Å². The Bertz CT molecular complexity index is 1130. The predicted molar refractivity (Wildman–Crippen MR) is 120 cm³/mol. The van der Waals surface area contributed by atoms with Gasteiger partial charge in [0.05, 0.1) is 11.7 Å². The van der Waals surface area contributed by atoms with Gasteiger partial charge < -0.3 is 10.6 Å². The summed E-state index contributed by atoms with van der Waals surface area (Å²) in [6.07, 6.45) is 3.91. The number of amides is 1. The smallest absolute Gasteiger partial charge is 0.270 e. The van der Waals surface area contributed by atoms with E-state index in [4.69, 9.17) is 5.73 Å². The van der Waals surface area contributed by atoms with E-state index in [9.17, 15) is 13.6 Å². The van der Waals surface area contributed by atoms with Gasteiger partial charge in [-0.1, -0.05) is 36.4 Å². The molecule has 2 N–H and O–H groups in total. The highest BCUT2D eigenvalue weighted by Gasteiger charge is 2.31. The van der Waals surface area contributed by atoms with E-state index in [1.54, 1.807) is 36.4 Å². The van der Waals surface area contributed by atoms with Crippen LogP contribution in [0, 0.1) is 5.82 Å². The lowest BCUT2D eigenvalue weighted by Crippen LogP contribution is -2.25. The molecule has 1 fully saturated rings. The third-order valence-electron chi connectivity index (χ3n) is 6.06. The molecule has 4 rings (SSSR count). The van der Waals surface area contributed by atoms with E-state index < -0.39 is 17.6 Å². The van der Waals surface area contributed by atoms with Crippen molar-refractivity contribution in [3.05, 3.63) is 88.6 Å². The summed E-state index contributed by atoms with van der Waals surface area (Å²) >= 11 is 0. The average Bonchev–Trinajstić information content (AvgIpc) is 3.28. The SMILES string of the molecule is CC(F)(F)c1ccc(C2CCCN2c2ncnc(CCc3ccc(C(N)=O)cc3)c2F)cc1. The first kappa shape index (κ1) is 22.8. The number of rotatable bonds is 7. The molecule has 1 saturated heterocycles. The molecule has 0 spiro atoms. The van der Waals surface area contributed by atoms with Crippen LogP contribution in [0.5, 0.6) is 0 Å².